The number of thioether (sulfide) groups is 1. The molecule has 0 aliphatic heterocycles. The molecule has 0 fully saturated rings. The lowest BCUT2D eigenvalue weighted by Crippen LogP contribution is -2.13. The summed E-state index contributed by atoms with van der Waals surface area (Å²) in [4.78, 5) is 0.950. The van der Waals surface area contributed by atoms with Crippen LogP contribution in [0.1, 0.15) is 12.5 Å². The minimum absolute atomic E-state index is 0.00511. The van der Waals surface area contributed by atoms with Gasteiger partial charge in [0.05, 0.1) is 5.56 Å². The van der Waals surface area contributed by atoms with E-state index >= 15 is 0 Å². The third kappa shape index (κ3) is 3.46. The van der Waals surface area contributed by atoms with Crippen molar-refractivity contribution < 1.29 is 4.74 Å². The topological polar surface area (TPSA) is 59.1 Å². The zero-order valence-corrected chi connectivity index (χ0v) is 12.6. The molecule has 0 aromatic heterocycles. The minimum Gasteiger partial charge on any atom is -0.457 e. The summed E-state index contributed by atoms with van der Waals surface area (Å²) in [6, 6.07) is 12.7. The fraction of sp³-hybridized carbons (Fsp3) is 0.133. The van der Waals surface area contributed by atoms with Crippen LogP contribution in [-0.4, -0.2) is 11.6 Å². The van der Waals surface area contributed by atoms with E-state index in [2.05, 4.69) is 6.92 Å². The van der Waals surface area contributed by atoms with E-state index in [1.165, 1.54) is 0 Å². The number of ether oxygens (including phenoxy) is 1. The van der Waals surface area contributed by atoms with Crippen molar-refractivity contribution in [3.8, 4) is 11.5 Å². The second-order valence-electron chi connectivity index (χ2n) is 4.03. The molecule has 0 heterocycles. The van der Waals surface area contributed by atoms with Crippen molar-refractivity contribution in [1.82, 2.24) is 0 Å². The van der Waals surface area contributed by atoms with Gasteiger partial charge in [0.2, 0.25) is 0 Å². The summed E-state index contributed by atoms with van der Waals surface area (Å²) in [5, 5.41) is 8.41. The first-order valence-electron chi connectivity index (χ1n) is 6.15. The Morgan fingerprint density at radius 2 is 1.95 bits per heavy atom. The van der Waals surface area contributed by atoms with Crippen LogP contribution in [-0.2, 0) is 0 Å². The molecule has 0 aliphatic carbocycles. The molecule has 0 spiro atoms. The number of nitrogens with two attached hydrogens (primary N) is 1. The molecule has 0 aliphatic rings. The third-order valence-corrected chi connectivity index (χ3v) is 3.79. The first kappa shape index (κ1) is 14.8. The lowest BCUT2D eigenvalue weighted by Gasteiger charge is -2.13. The molecule has 3 nitrogen and oxygen atoms in total. The summed E-state index contributed by atoms with van der Waals surface area (Å²) in [6.45, 7) is 2.06. The van der Waals surface area contributed by atoms with Gasteiger partial charge in [0, 0.05) is 9.92 Å². The van der Waals surface area contributed by atoms with E-state index in [0.717, 1.165) is 10.6 Å². The van der Waals surface area contributed by atoms with E-state index in [-0.39, 0.29) is 5.84 Å². The van der Waals surface area contributed by atoms with Gasteiger partial charge in [-0.3, -0.25) is 5.41 Å². The molecule has 2 aromatic carbocycles. The van der Waals surface area contributed by atoms with E-state index < -0.39 is 0 Å². The van der Waals surface area contributed by atoms with Gasteiger partial charge in [-0.1, -0.05) is 24.6 Å². The number of halogens is 1. The maximum atomic E-state index is 7.76. The van der Waals surface area contributed by atoms with Crippen molar-refractivity contribution >= 4 is 29.2 Å². The average molecular weight is 307 g/mol. The van der Waals surface area contributed by atoms with E-state index in [0.29, 0.717) is 22.1 Å². The zero-order valence-electron chi connectivity index (χ0n) is 11.0. The maximum absolute atomic E-state index is 7.76. The fourth-order valence-corrected chi connectivity index (χ4v) is 2.73. The van der Waals surface area contributed by atoms with Gasteiger partial charge in [-0.2, -0.15) is 0 Å². The van der Waals surface area contributed by atoms with Crippen molar-refractivity contribution in [1.29, 1.82) is 5.41 Å². The lowest BCUT2D eigenvalue weighted by atomic mass is 10.2. The molecule has 0 bridgehead atoms. The SMILES string of the molecule is CCSc1cccc(Oc2ccc(Cl)cc2)c1C(=N)N. The first-order chi connectivity index (χ1) is 9.61. The predicted molar refractivity (Wildman–Crippen MR) is 85.4 cm³/mol. The van der Waals surface area contributed by atoms with Gasteiger partial charge in [0.25, 0.3) is 0 Å². The molecule has 104 valence electrons. The molecule has 0 unspecified atom stereocenters. The number of hydrogen-bond donors (Lipinski definition) is 2. The number of benzene rings is 2. The Balaban J connectivity index is 2.37. The van der Waals surface area contributed by atoms with Crippen LogP contribution in [0.4, 0.5) is 0 Å². The summed E-state index contributed by atoms with van der Waals surface area (Å²) in [5.74, 6) is 2.16. The summed E-state index contributed by atoms with van der Waals surface area (Å²) < 4.78 is 5.82. The Morgan fingerprint density at radius 1 is 1.25 bits per heavy atom. The van der Waals surface area contributed by atoms with Crippen LogP contribution in [0.15, 0.2) is 47.4 Å². The molecule has 5 heteroatoms. The molecule has 0 atom stereocenters. The van der Waals surface area contributed by atoms with E-state index in [9.17, 15) is 0 Å². The quantitative estimate of drug-likeness (QED) is 0.485. The second-order valence-corrected chi connectivity index (χ2v) is 5.77. The number of hydrogen-bond acceptors (Lipinski definition) is 3. The van der Waals surface area contributed by atoms with E-state index in [1.54, 1.807) is 36.0 Å². The van der Waals surface area contributed by atoms with Crippen LogP contribution in [0.2, 0.25) is 5.02 Å². The molecule has 2 aromatic rings. The van der Waals surface area contributed by atoms with Crippen molar-refractivity contribution in [3.05, 3.63) is 53.1 Å². The molecule has 0 saturated carbocycles. The van der Waals surface area contributed by atoms with Crippen LogP contribution in [0.25, 0.3) is 0 Å². The van der Waals surface area contributed by atoms with Crippen LogP contribution in [0.3, 0.4) is 0 Å². The molecule has 0 amide bonds. The minimum atomic E-state index is 0.00511. The standard InChI is InChI=1S/C15H15ClN2OS/c1-2-20-13-5-3-4-12(14(13)15(17)18)19-11-8-6-10(16)7-9-11/h3-9H,2H2,1H3,(H3,17,18). The Labute approximate surface area is 127 Å². The van der Waals surface area contributed by atoms with Crippen LogP contribution >= 0.6 is 23.4 Å². The van der Waals surface area contributed by atoms with Gasteiger partial charge in [-0.05, 0) is 42.2 Å². The highest BCUT2D eigenvalue weighted by Crippen LogP contribution is 2.32. The molecule has 3 N–H and O–H groups in total. The van der Waals surface area contributed by atoms with Crippen molar-refractivity contribution in [2.45, 2.75) is 11.8 Å². The molecular formula is C15H15ClN2OS. The summed E-state index contributed by atoms with van der Waals surface area (Å²) in [6.07, 6.45) is 0. The second kappa shape index (κ2) is 6.68. The summed E-state index contributed by atoms with van der Waals surface area (Å²) in [7, 11) is 0. The first-order valence-corrected chi connectivity index (χ1v) is 7.51. The van der Waals surface area contributed by atoms with Crippen molar-refractivity contribution in [2.24, 2.45) is 5.73 Å². The van der Waals surface area contributed by atoms with Gasteiger partial charge in [0.1, 0.15) is 17.3 Å². The normalized spacial score (nSPS) is 10.3. The maximum Gasteiger partial charge on any atom is 0.139 e. The smallest absolute Gasteiger partial charge is 0.139 e. The molecule has 0 radical (unpaired) electrons. The summed E-state index contributed by atoms with van der Waals surface area (Å²) >= 11 is 7.49. The molecule has 0 saturated heterocycles. The fourth-order valence-electron chi connectivity index (χ4n) is 1.77. The van der Waals surface area contributed by atoms with Crippen LogP contribution < -0.4 is 10.5 Å². The van der Waals surface area contributed by atoms with Gasteiger partial charge < -0.3 is 10.5 Å². The van der Waals surface area contributed by atoms with Gasteiger partial charge in [-0.15, -0.1) is 11.8 Å². The van der Waals surface area contributed by atoms with Gasteiger partial charge in [0.15, 0.2) is 0 Å². The van der Waals surface area contributed by atoms with Crippen molar-refractivity contribution in [3.63, 3.8) is 0 Å². The number of amidine groups is 1. The van der Waals surface area contributed by atoms with Gasteiger partial charge in [-0.25, -0.2) is 0 Å². The molecule has 2 rings (SSSR count). The number of nitrogen functional groups attached to an aromatic ring is 1. The lowest BCUT2D eigenvalue weighted by molar-refractivity contribution is 0.480. The van der Waals surface area contributed by atoms with Crippen LogP contribution in [0.5, 0.6) is 11.5 Å². The Morgan fingerprint density at radius 3 is 2.55 bits per heavy atom. The highest BCUT2D eigenvalue weighted by atomic mass is 35.5. The third-order valence-electron chi connectivity index (χ3n) is 2.60. The highest BCUT2D eigenvalue weighted by molar-refractivity contribution is 7.99. The zero-order chi connectivity index (χ0) is 14.5. The van der Waals surface area contributed by atoms with E-state index in [4.69, 9.17) is 27.5 Å². The predicted octanol–water partition coefficient (Wildman–Crippen LogP) is 4.53. The summed E-state index contributed by atoms with van der Waals surface area (Å²) in [5.41, 5.74) is 6.33. The molecule has 20 heavy (non-hydrogen) atoms. The Kier molecular flexibility index (Phi) is 4.93. The number of nitrogens with one attached hydrogen (secondary N) is 1. The van der Waals surface area contributed by atoms with Crippen molar-refractivity contribution in [2.75, 3.05) is 5.75 Å². The van der Waals surface area contributed by atoms with Crippen LogP contribution in [0, 0.1) is 5.41 Å². The molecular weight excluding hydrogens is 292 g/mol. The largest absolute Gasteiger partial charge is 0.457 e. The highest BCUT2D eigenvalue weighted by Gasteiger charge is 2.13. The number of rotatable bonds is 5. The average Bonchev–Trinajstić information content (AvgIpc) is 2.41. The monoisotopic (exact) mass is 306 g/mol. The van der Waals surface area contributed by atoms with E-state index in [1.807, 2.05) is 18.2 Å². The van der Waals surface area contributed by atoms with Gasteiger partial charge >= 0.3 is 0 Å². The Hall–Kier alpha value is -1.65. The Bertz CT molecular complexity index is 614.